The highest BCUT2D eigenvalue weighted by molar-refractivity contribution is 6.39. The summed E-state index contributed by atoms with van der Waals surface area (Å²) in [5.41, 5.74) is 4.29. The van der Waals surface area contributed by atoms with Crippen LogP contribution in [0.3, 0.4) is 0 Å². The van der Waals surface area contributed by atoms with Crippen LogP contribution < -0.4 is 9.31 Å². The topological polar surface area (TPSA) is 27.7 Å². The number of rotatable bonds is 23. The molecule has 0 radical (unpaired) electrons. The number of unbranched alkanes of at least 4 members (excludes halogenated alkanes) is 6. The van der Waals surface area contributed by atoms with Crippen LogP contribution in [0.5, 0.6) is 11.5 Å². The van der Waals surface area contributed by atoms with Gasteiger partial charge >= 0.3 is 7.32 Å². The Labute approximate surface area is 327 Å². The molecule has 1 unspecified atom stereocenters. The lowest BCUT2D eigenvalue weighted by molar-refractivity contribution is -0.958. The molecule has 0 bridgehead atoms. The smallest absolute Gasteiger partial charge is 0.501 e. The summed E-state index contributed by atoms with van der Waals surface area (Å²) in [6.45, 7) is 21.5. The van der Waals surface area contributed by atoms with Gasteiger partial charge in [-0.3, -0.25) is 0 Å². The first-order chi connectivity index (χ1) is 24.6. The summed E-state index contributed by atoms with van der Waals surface area (Å²) in [7, 11) is -0.913. The van der Waals surface area contributed by atoms with Gasteiger partial charge in [-0.05, 0) is 68.9 Å². The average Bonchev–Trinajstić information content (AvgIpc) is 3.12. The van der Waals surface area contributed by atoms with E-state index in [9.17, 15) is 0 Å². The predicted octanol–water partition coefficient (Wildman–Crippen LogP) is 14.2. The summed E-state index contributed by atoms with van der Waals surface area (Å²) in [5.74, 6) is 1.39. The van der Waals surface area contributed by atoms with Gasteiger partial charge in [0.1, 0.15) is 17.5 Å². The van der Waals surface area contributed by atoms with Gasteiger partial charge in [0.25, 0.3) is 0 Å². The monoisotopic (exact) mass is 759 g/mol. The molecule has 0 aromatic heterocycles. The van der Waals surface area contributed by atoms with Crippen LogP contribution in [-0.4, -0.2) is 38.0 Å². The fraction of sp³-hybridized carbons (Fsp3) is 0.581. The summed E-state index contributed by atoms with van der Waals surface area (Å²) < 4.78 is 20.4. The number of hydrogen-bond acceptors (Lipinski definition) is 3. The molecule has 8 heteroatoms. The number of benzene rings is 3. The van der Waals surface area contributed by atoms with Crippen molar-refractivity contribution in [2.75, 3.05) is 26.2 Å². The molecule has 0 saturated carbocycles. The molecule has 0 saturated heterocycles. The second-order valence-electron chi connectivity index (χ2n) is 13.9. The molecule has 284 valence electrons. The quantitative estimate of drug-likeness (QED) is 0.0417. The molecular formula is C43H65BCl3NO3. The zero-order valence-electron chi connectivity index (χ0n) is 32.9. The molecular weight excluding hydrogens is 696 g/mol. The summed E-state index contributed by atoms with van der Waals surface area (Å²) >= 11 is 19.4. The lowest BCUT2D eigenvalue weighted by atomic mass is 9.92. The second kappa shape index (κ2) is 25.2. The third kappa shape index (κ3) is 15.2. The van der Waals surface area contributed by atoms with E-state index in [1.54, 1.807) is 6.07 Å². The Hall–Kier alpha value is -1.89. The molecule has 0 amide bonds. The largest absolute Gasteiger partial charge is 0.788 e. The fourth-order valence-electron chi connectivity index (χ4n) is 6.43. The van der Waals surface area contributed by atoms with Crippen molar-refractivity contribution < 1.29 is 18.4 Å². The summed E-state index contributed by atoms with van der Waals surface area (Å²) in [6.07, 6.45) is 13.7. The van der Waals surface area contributed by atoms with Crippen molar-refractivity contribution in [3.8, 4) is 11.5 Å². The van der Waals surface area contributed by atoms with Crippen LogP contribution in [0.1, 0.15) is 140 Å². The third-order valence-corrected chi connectivity index (χ3v) is 10.9. The van der Waals surface area contributed by atoms with E-state index in [2.05, 4.69) is 59.7 Å². The van der Waals surface area contributed by atoms with E-state index >= 15 is 0 Å². The van der Waals surface area contributed by atoms with Gasteiger partial charge in [-0.1, -0.05) is 127 Å². The number of aryl methyl sites for hydroxylation is 3. The van der Waals surface area contributed by atoms with Crippen molar-refractivity contribution in [3.05, 3.63) is 91.9 Å². The molecule has 0 heterocycles. The Balaban J connectivity index is 0.000000986. The van der Waals surface area contributed by atoms with Gasteiger partial charge in [-0.2, -0.15) is 35.9 Å². The molecule has 3 aromatic rings. The summed E-state index contributed by atoms with van der Waals surface area (Å²) in [5, 5.41) is 2.25. The molecule has 0 fully saturated rings. The second-order valence-corrected chi connectivity index (χ2v) is 15.1. The first-order valence-corrected chi connectivity index (χ1v) is 20.7. The van der Waals surface area contributed by atoms with E-state index < -0.39 is 7.32 Å². The molecule has 1 atom stereocenters. The average molecular weight is 761 g/mol. The van der Waals surface area contributed by atoms with Gasteiger partial charge in [-0.15, -0.1) is 5.56 Å². The van der Waals surface area contributed by atoms with Crippen molar-refractivity contribution in [1.29, 1.82) is 0 Å². The fourth-order valence-corrected chi connectivity index (χ4v) is 7.01. The van der Waals surface area contributed by atoms with E-state index in [1.807, 2.05) is 44.2 Å². The third-order valence-electron chi connectivity index (χ3n) is 9.63. The van der Waals surface area contributed by atoms with Gasteiger partial charge in [0.05, 0.1) is 30.2 Å². The van der Waals surface area contributed by atoms with Crippen molar-refractivity contribution in [2.45, 2.75) is 138 Å². The zero-order valence-corrected chi connectivity index (χ0v) is 35.2. The van der Waals surface area contributed by atoms with E-state index in [0.29, 0.717) is 17.4 Å². The summed E-state index contributed by atoms with van der Waals surface area (Å²) in [6, 6.07) is 18.5. The number of hydrogen-bond donors (Lipinski definition) is 0. The molecule has 3 aromatic carbocycles. The molecule has 0 spiro atoms. The zero-order chi connectivity index (χ0) is 37.6. The molecule has 3 rings (SSSR count). The van der Waals surface area contributed by atoms with Crippen LogP contribution in [0, 0.1) is 26.8 Å². The van der Waals surface area contributed by atoms with Crippen molar-refractivity contribution in [1.82, 2.24) is 0 Å². The van der Waals surface area contributed by atoms with Crippen LogP contribution in [0.2, 0.25) is 15.1 Å². The maximum atomic E-state index is 7.29. The minimum absolute atomic E-state index is 0.232. The standard InChI is InChI=1S/C36H59BCl2NO3.C7H6Cl/c1-8-13-17-18-27-41-37(42-31-22-20-29(6)32(38)28-31)43-34-23-21-30(7)36(39)35(34)33(19-12-5)40(24-14-9-2,25-15-10-3)26-16-11-4;1-6-4-2-3-5-7(6)8/h20-23,28,33H,8-19,24-27H2,1-7H3;2,4-5H,1H3/q+1;-1. The van der Waals surface area contributed by atoms with Gasteiger partial charge in [-0.25, -0.2) is 0 Å². The molecule has 4 nitrogen and oxygen atoms in total. The maximum Gasteiger partial charge on any atom is 0.788 e. The minimum Gasteiger partial charge on any atom is -0.501 e. The van der Waals surface area contributed by atoms with Gasteiger partial charge in [0.2, 0.25) is 0 Å². The van der Waals surface area contributed by atoms with Crippen molar-refractivity contribution >= 4 is 42.1 Å². The highest BCUT2D eigenvalue weighted by Crippen LogP contribution is 2.44. The lowest BCUT2D eigenvalue weighted by Gasteiger charge is -2.46. The van der Waals surface area contributed by atoms with E-state index in [-0.39, 0.29) is 6.04 Å². The normalized spacial score (nSPS) is 11.9. The Morgan fingerprint density at radius 1 is 0.667 bits per heavy atom. The number of quaternary nitrogens is 1. The summed E-state index contributed by atoms with van der Waals surface area (Å²) in [4.78, 5) is 0. The lowest BCUT2D eigenvalue weighted by Crippen LogP contribution is -2.53. The van der Waals surface area contributed by atoms with Crippen LogP contribution >= 0.6 is 34.8 Å². The van der Waals surface area contributed by atoms with Crippen LogP contribution in [0.25, 0.3) is 0 Å². The number of nitrogens with zero attached hydrogens (tertiary/aromatic N) is 1. The highest BCUT2D eigenvalue weighted by Gasteiger charge is 2.41. The van der Waals surface area contributed by atoms with Crippen LogP contribution in [-0.2, 0) is 4.65 Å². The molecule has 51 heavy (non-hydrogen) atoms. The first kappa shape index (κ1) is 45.3. The molecule has 0 aliphatic carbocycles. The Bertz CT molecular complexity index is 1360. The van der Waals surface area contributed by atoms with E-state index in [1.165, 1.54) is 51.4 Å². The Morgan fingerprint density at radius 3 is 1.80 bits per heavy atom. The van der Waals surface area contributed by atoms with Crippen LogP contribution in [0.4, 0.5) is 0 Å². The first-order valence-electron chi connectivity index (χ1n) is 19.5. The van der Waals surface area contributed by atoms with E-state index in [4.69, 9.17) is 48.8 Å². The van der Waals surface area contributed by atoms with Crippen molar-refractivity contribution in [2.24, 2.45) is 0 Å². The molecule has 0 aliphatic heterocycles. The van der Waals surface area contributed by atoms with Crippen molar-refractivity contribution in [3.63, 3.8) is 0 Å². The van der Waals surface area contributed by atoms with Gasteiger partial charge in [0, 0.05) is 18.1 Å². The molecule has 0 aliphatic rings. The van der Waals surface area contributed by atoms with Crippen LogP contribution in [0.15, 0.2) is 48.5 Å². The number of halogens is 3. The molecule has 0 N–H and O–H groups in total. The van der Waals surface area contributed by atoms with Gasteiger partial charge in [0.15, 0.2) is 0 Å². The highest BCUT2D eigenvalue weighted by atomic mass is 35.5. The van der Waals surface area contributed by atoms with E-state index in [0.717, 1.165) is 87.8 Å². The predicted molar refractivity (Wildman–Crippen MR) is 222 cm³/mol. The Morgan fingerprint density at radius 2 is 1.27 bits per heavy atom. The Kier molecular flexibility index (Phi) is 22.4. The SMILES string of the molecule is CCCCCCOB(Oc1ccc(C)c(Cl)c1)Oc1ccc(C)c(Cl)c1C(CCC)[N+](CCCC)(CCCC)CCCC.Cc1cc[c-]cc1Cl. The minimum atomic E-state index is -0.913. The maximum absolute atomic E-state index is 7.29. The van der Waals surface area contributed by atoms with Gasteiger partial charge < -0.3 is 18.4 Å².